The van der Waals surface area contributed by atoms with Crippen molar-refractivity contribution >= 4 is 44.2 Å². The van der Waals surface area contributed by atoms with Crippen LogP contribution in [0.1, 0.15) is 29.5 Å². The fraction of sp³-hybridized carbons (Fsp3) is 0.214. The first-order chi connectivity index (χ1) is 18.0. The highest BCUT2D eigenvalue weighted by atomic mass is 79.9. The van der Waals surface area contributed by atoms with E-state index in [9.17, 15) is 5.26 Å². The van der Waals surface area contributed by atoms with Crippen molar-refractivity contribution < 1.29 is 9.47 Å². The molecule has 0 bridgehead atoms. The van der Waals surface area contributed by atoms with E-state index in [-0.39, 0.29) is 12.0 Å². The van der Waals surface area contributed by atoms with Gasteiger partial charge in [-0.05, 0) is 47.9 Å². The molecule has 0 saturated heterocycles. The molecule has 0 amide bonds. The van der Waals surface area contributed by atoms with Crippen molar-refractivity contribution in [1.82, 2.24) is 9.97 Å². The summed E-state index contributed by atoms with van der Waals surface area (Å²) in [5.74, 6) is 1.78. The Morgan fingerprint density at radius 2 is 1.65 bits per heavy atom. The Balaban J connectivity index is 1.40. The van der Waals surface area contributed by atoms with E-state index >= 15 is 0 Å². The van der Waals surface area contributed by atoms with Gasteiger partial charge in [-0.1, -0.05) is 40.2 Å². The van der Waals surface area contributed by atoms with Gasteiger partial charge in [-0.15, -0.1) is 0 Å². The Morgan fingerprint density at radius 1 is 0.973 bits per heavy atom. The van der Waals surface area contributed by atoms with Gasteiger partial charge in [0.05, 0.1) is 31.8 Å². The fourth-order valence-corrected chi connectivity index (χ4v) is 4.97. The van der Waals surface area contributed by atoms with Crippen LogP contribution in [-0.4, -0.2) is 30.0 Å². The monoisotopic (exact) mass is 556 g/mol. The summed E-state index contributed by atoms with van der Waals surface area (Å²) in [6, 6.07) is 22.0. The summed E-state index contributed by atoms with van der Waals surface area (Å²) < 4.78 is 11.8. The van der Waals surface area contributed by atoms with E-state index in [2.05, 4.69) is 42.3 Å². The molecule has 0 aliphatic carbocycles. The Kier molecular flexibility index (Phi) is 6.93. The number of methoxy groups -OCH3 is 2. The van der Waals surface area contributed by atoms with Crippen molar-refractivity contribution in [3.05, 3.63) is 82.6 Å². The second-order valence-electron chi connectivity index (χ2n) is 8.76. The van der Waals surface area contributed by atoms with Crippen LogP contribution >= 0.6 is 15.9 Å². The maximum absolute atomic E-state index is 9.77. The van der Waals surface area contributed by atoms with Gasteiger partial charge in [0, 0.05) is 27.5 Å². The Morgan fingerprint density at radius 3 is 2.32 bits per heavy atom. The summed E-state index contributed by atoms with van der Waals surface area (Å²) in [6.07, 6.45) is 2.21. The smallest absolute Gasteiger partial charge is 0.162 e. The molecule has 8 nitrogen and oxygen atoms in total. The number of hydrogen-bond donors (Lipinski definition) is 2. The van der Waals surface area contributed by atoms with E-state index < -0.39 is 5.92 Å². The number of aromatic nitrogens is 2. The molecule has 0 spiro atoms. The molecule has 0 saturated carbocycles. The minimum absolute atomic E-state index is 0.0299. The van der Waals surface area contributed by atoms with E-state index in [0.29, 0.717) is 29.6 Å². The van der Waals surface area contributed by atoms with Crippen molar-refractivity contribution in [2.45, 2.75) is 18.4 Å². The number of amidine groups is 1. The number of fused-ring (bicyclic) bond motifs is 1. The van der Waals surface area contributed by atoms with Gasteiger partial charge in [0.25, 0.3) is 0 Å². The molecule has 5 rings (SSSR count). The number of nitrogens with one attached hydrogen (secondary N) is 1. The van der Waals surface area contributed by atoms with Gasteiger partial charge >= 0.3 is 0 Å². The first kappa shape index (κ1) is 24.5. The number of ether oxygens (including phenoxy) is 2. The van der Waals surface area contributed by atoms with Gasteiger partial charge in [0.1, 0.15) is 23.9 Å². The molecule has 3 atom stereocenters. The molecule has 9 heteroatoms. The topological polar surface area (TPSA) is 118 Å². The van der Waals surface area contributed by atoms with Gasteiger partial charge < -0.3 is 20.5 Å². The number of nitriles is 1. The van der Waals surface area contributed by atoms with Gasteiger partial charge in [0.2, 0.25) is 0 Å². The molecular formula is C28H25BrN6O2. The van der Waals surface area contributed by atoms with Crippen LogP contribution in [0.15, 0.2) is 76.5 Å². The lowest BCUT2D eigenvalue weighted by Crippen LogP contribution is -2.33. The molecule has 0 fully saturated rings. The average Bonchev–Trinajstić information content (AvgIpc) is 2.93. The van der Waals surface area contributed by atoms with Crippen LogP contribution in [0.5, 0.6) is 11.5 Å². The normalized spacial score (nSPS) is 19.1. The first-order valence-corrected chi connectivity index (χ1v) is 12.5. The predicted molar refractivity (Wildman–Crippen MR) is 147 cm³/mol. The van der Waals surface area contributed by atoms with Crippen LogP contribution in [0, 0.1) is 17.2 Å². The van der Waals surface area contributed by atoms with Crippen molar-refractivity contribution in [1.29, 1.82) is 5.26 Å². The Hall–Kier alpha value is -4.16. The van der Waals surface area contributed by atoms with Crippen LogP contribution in [-0.2, 0) is 0 Å². The van der Waals surface area contributed by atoms with Crippen molar-refractivity contribution in [2.75, 3.05) is 19.5 Å². The number of nitrogens with zero attached hydrogens (tertiary/aromatic N) is 4. The van der Waals surface area contributed by atoms with E-state index in [0.717, 1.165) is 32.2 Å². The largest absolute Gasteiger partial charge is 0.493 e. The molecule has 2 heterocycles. The molecular weight excluding hydrogens is 532 g/mol. The first-order valence-electron chi connectivity index (χ1n) is 11.7. The summed E-state index contributed by atoms with van der Waals surface area (Å²) in [5, 5.41) is 14.0. The zero-order valence-electron chi connectivity index (χ0n) is 20.4. The fourth-order valence-electron chi connectivity index (χ4n) is 4.71. The zero-order valence-corrected chi connectivity index (χ0v) is 21.9. The Labute approximate surface area is 223 Å². The van der Waals surface area contributed by atoms with Crippen molar-refractivity contribution in [3.8, 4) is 17.6 Å². The highest BCUT2D eigenvalue weighted by Crippen LogP contribution is 2.41. The molecule has 186 valence electrons. The summed E-state index contributed by atoms with van der Waals surface area (Å²) >= 11 is 3.48. The summed E-state index contributed by atoms with van der Waals surface area (Å²) in [4.78, 5) is 13.5. The SMILES string of the molecule is COc1cc2ncnc(Nc3ccc(C4CC(c5ccc(Br)cc5)C(C#N)C(N)=N4)cc3)c2cc1OC. The third kappa shape index (κ3) is 4.93. The van der Waals surface area contributed by atoms with Gasteiger partial charge in [-0.2, -0.15) is 5.26 Å². The lowest BCUT2D eigenvalue weighted by atomic mass is 9.78. The Bertz CT molecular complexity index is 1500. The predicted octanol–water partition coefficient (Wildman–Crippen LogP) is 5.88. The lowest BCUT2D eigenvalue weighted by molar-refractivity contribution is 0.356. The molecule has 4 aromatic rings. The number of aliphatic imine (C=N–C) groups is 1. The molecule has 1 aromatic heterocycles. The maximum atomic E-state index is 9.77. The number of benzene rings is 3. The number of hydrogen-bond acceptors (Lipinski definition) is 8. The van der Waals surface area contributed by atoms with Gasteiger partial charge in [-0.25, -0.2) is 9.97 Å². The molecule has 3 aromatic carbocycles. The van der Waals surface area contributed by atoms with E-state index in [4.69, 9.17) is 15.2 Å². The van der Waals surface area contributed by atoms with E-state index in [1.807, 2.05) is 60.7 Å². The number of anilines is 2. The second-order valence-corrected chi connectivity index (χ2v) is 9.68. The highest BCUT2D eigenvalue weighted by molar-refractivity contribution is 9.10. The summed E-state index contributed by atoms with van der Waals surface area (Å²) in [5.41, 5.74) is 10.00. The zero-order chi connectivity index (χ0) is 25.9. The molecule has 1 aliphatic rings. The van der Waals surface area contributed by atoms with Crippen LogP contribution in [0.25, 0.3) is 10.9 Å². The summed E-state index contributed by atoms with van der Waals surface area (Å²) in [6.45, 7) is 0. The molecule has 0 radical (unpaired) electrons. The molecule has 3 N–H and O–H groups in total. The van der Waals surface area contributed by atoms with Crippen LogP contribution < -0.4 is 20.5 Å². The number of rotatable bonds is 6. The minimum atomic E-state index is -0.444. The highest BCUT2D eigenvalue weighted by Gasteiger charge is 2.34. The third-order valence-electron chi connectivity index (χ3n) is 6.64. The second kappa shape index (κ2) is 10.4. The van der Waals surface area contributed by atoms with Crippen LogP contribution in [0.2, 0.25) is 0 Å². The van der Waals surface area contributed by atoms with Gasteiger partial charge in [0.15, 0.2) is 11.5 Å². The maximum Gasteiger partial charge on any atom is 0.162 e. The molecule has 3 unspecified atom stereocenters. The van der Waals surface area contributed by atoms with Crippen molar-refractivity contribution in [3.63, 3.8) is 0 Å². The minimum Gasteiger partial charge on any atom is -0.493 e. The van der Waals surface area contributed by atoms with Gasteiger partial charge in [-0.3, -0.25) is 4.99 Å². The van der Waals surface area contributed by atoms with Crippen LogP contribution in [0.4, 0.5) is 11.5 Å². The van der Waals surface area contributed by atoms with E-state index in [1.165, 1.54) is 6.33 Å². The third-order valence-corrected chi connectivity index (χ3v) is 7.17. The standard InChI is InChI=1S/C28H25BrN6O2/c1-36-25-12-21-24(13-26(25)37-2)32-15-33-28(21)34-19-9-5-17(6-10-19)23-11-20(22(14-30)27(31)35-23)16-3-7-18(29)8-4-16/h3-10,12-13,15,20,22-23H,11H2,1-2H3,(H2,31,35)(H,32,33,34). The number of halogens is 1. The average molecular weight is 557 g/mol. The molecule has 37 heavy (non-hydrogen) atoms. The number of nitrogens with two attached hydrogens (primary N) is 1. The molecule has 1 aliphatic heterocycles. The van der Waals surface area contributed by atoms with E-state index in [1.54, 1.807) is 14.2 Å². The summed E-state index contributed by atoms with van der Waals surface area (Å²) in [7, 11) is 3.19. The van der Waals surface area contributed by atoms with Crippen molar-refractivity contribution in [2.24, 2.45) is 16.6 Å². The lowest BCUT2D eigenvalue weighted by Gasteiger charge is -2.31. The quantitative estimate of drug-likeness (QED) is 0.304. The van der Waals surface area contributed by atoms with Crippen LogP contribution in [0.3, 0.4) is 0 Å².